The smallest absolute Gasteiger partial charge is 0.379 e. The van der Waals surface area contributed by atoms with Crippen molar-refractivity contribution in [1.29, 1.82) is 0 Å². The molecule has 0 fully saturated rings. The van der Waals surface area contributed by atoms with E-state index in [0.717, 1.165) is 0 Å². The van der Waals surface area contributed by atoms with Crippen LogP contribution < -0.4 is 20.6 Å². The van der Waals surface area contributed by atoms with Crippen LogP contribution in [0.2, 0.25) is 0 Å². The third kappa shape index (κ3) is 3.85. The number of carbonyl (C=O) groups is 2. The van der Waals surface area contributed by atoms with Crippen LogP contribution in [0, 0.1) is 0 Å². The number of furan rings is 1. The number of primary amides is 1. The summed E-state index contributed by atoms with van der Waals surface area (Å²) in [5.41, 5.74) is 7.56. The summed E-state index contributed by atoms with van der Waals surface area (Å²) in [6.45, 7) is 0. The molecule has 1 aromatic carbocycles. The van der Waals surface area contributed by atoms with Crippen LogP contribution in [0.5, 0.6) is 11.5 Å². The van der Waals surface area contributed by atoms with Gasteiger partial charge >= 0.3 is 12.0 Å². The standard InChI is InChI=1S/C14H13N3O5/c1-20-12-7-9(8-16-17-14(15)19)4-5-10(12)22-13(18)11-3-2-6-21-11/h2-8H,1H3,(H3,15,17,19). The second kappa shape index (κ2) is 6.93. The van der Waals surface area contributed by atoms with Gasteiger partial charge in [0.25, 0.3) is 0 Å². The zero-order valence-corrected chi connectivity index (χ0v) is 11.6. The molecule has 0 unspecified atom stereocenters. The Morgan fingerprint density at radius 2 is 2.14 bits per heavy atom. The zero-order chi connectivity index (χ0) is 15.9. The van der Waals surface area contributed by atoms with Crippen molar-refractivity contribution in [3.05, 3.63) is 47.9 Å². The van der Waals surface area contributed by atoms with E-state index in [2.05, 4.69) is 10.5 Å². The Kier molecular flexibility index (Phi) is 4.76. The lowest BCUT2D eigenvalue weighted by Crippen LogP contribution is -2.24. The summed E-state index contributed by atoms with van der Waals surface area (Å²) < 4.78 is 15.3. The van der Waals surface area contributed by atoms with E-state index in [-0.39, 0.29) is 11.5 Å². The molecule has 22 heavy (non-hydrogen) atoms. The minimum Gasteiger partial charge on any atom is -0.493 e. The molecular formula is C14H13N3O5. The Balaban J connectivity index is 2.14. The maximum Gasteiger partial charge on any atom is 0.379 e. The Labute approximate surface area is 125 Å². The van der Waals surface area contributed by atoms with Gasteiger partial charge in [-0.3, -0.25) is 0 Å². The molecule has 8 nitrogen and oxygen atoms in total. The third-order valence-electron chi connectivity index (χ3n) is 2.50. The number of rotatable bonds is 5. The van der Waals surface area contributed by atoms with E-state index < -0.39 is 12.0 Å². The monoisotopic (exact) mass is 303 g/mol. The van der Waals surface area contributed by atoms with E-state index in [1.54, 1.807) is 18.2 Å². The lowest BCUT2D eigenvalue weighted by Gasteiger charge is -2.08. The molecule has 8 heteroatoms. The predicted molar refractivity (Wildman–Crippen MR) is 77.0 cm³/mol. The van der Waals surface area contributed by atoms with Crippen LogP contribution in [-0.2, 0) is 0 Å². The van der Waals surface area contributed by atoms with Gasteiger partial charge in [-0.25, -0.2) is 15.0 Å². The number of benzene rings is 1. The highest BCUT2D eigenvalue weighted by Gasteiger charge is 2.14. The van der Waals surface area contributed by atoms with Crippen molar-refractivity contribution < 1.29 is 23.5 Å². The van der Waals surface area contributed by atoms with Crippen LogP contribution in [0.4, 0.5) is 4.79 Å². The van der Waals surface area contributed by atoms with Crippen molar-refractivity contribution in [2.45, 2.75) is 0 Å². The first kappa shape index (κ1) is 15.1. The number of ether oxygens (including phenoxy) is 2. The molecule has 114 valence electrons. The van der Waals surface area contributed by atoms with Crippen LogP contribution >= 0.6 is 0 Å². The molecule has 2 aromatic rings. The number of esters is 1. The number of urea groups is 1. The average molecular weight is 303 g/mol. The summed E-state index contributed by atoms with van der Waals surface area (Å²) >= 11 is 0. The summed E-state index contributed by atoms with van der Waals surface area (Å²) in [4.78, 5) is 22.3. The van der Waals surface area contributed by atoms with Crippen molar-refractivity contribution in [3.63, 3.8) is 0 Å². The fourth-order valence-electron chi connectivity index (χ4n) is 1.56. The van der Waals surface area contributed by atoms with Crippen LogP contribution in [-0.4, -0.2) is 25.3 Å². The number of carbonyl (C=O) groups excluding carboxylic acids is 2. The zero-order valence-electron chi connectivity index (χ0n) is 11.6. The highest BCUT2D eigenvalue weighted by molar-refractivity contribution is 5.89. The molecule has 0 atom stereocenters. The number of hydrazone groups is 1. The molecule has 0 aliphatic rings. The Morgan fingerprint density at radius 3 is 2.77 bits per heavy atom. The summed E-state index contributed by atoms with van der Waals surface area (Å²) in [5, 5.41) is 3.62. The van der Waals surface area contributed by atoms with Gasteiger partial charge in [0.05, 0.1) is 19.6 Å². The van der Waals surface area contributed by atoms with E-state index in [0.29, 0.717) is 11.3 Å². The molecular weight excluding hydrogens is 290 g/mol. The van der Waals surface area contributed by atoms with E-state index >= 15 is 0 Å². The maximum atomic E-state index is 11.8. The highest BCUT2D eigenvalue weighted by atomic mass is 16.6. The minimum absolute atomic E-state index is 0.0818. The summed E-state index contributed by atoms with van der Waals surface area (Å²) in [6.07, 6.45) is 2.74. The fraction of sp³-hybridized carbons (Fsp3) is 0.0714. The largest absolute Gasteiger partial charge is 0.493 e. The number of amides is 2. The van der Waals surface area contributed by atoms with E-state index in [4.69, 9.17) is 19.6 Å². The number of hydrogen-bond acceptors (Lipinski definition) is 6. The van der Waals surface area contributed by atoms with Crippen LogP contribution in [0.25, 0.3) is 0 Å². The van der Waals surface area contributed by atoms with E-state index in [1.807, 2.05) is 0 Å². The molecule has 2 rings (SSSR count). The molecule has 0 bridgehead atoms. The molecule has 2 amide bonds. The molecule has 3 N–H and O–H groups in total. The van der Waals surface area contributed by atoms with Crippen molar-refractivity contribution in [1.82, 2.24) is 5.43 Å². The average Bonchev–Trinajstić information content (AvgIpc) is 3.02. The Morgan fingerprint density at radius 1 is 1.32 bits per heavy atom. The van der Waals surface area contributed by atoms with Crippen molar-refractivity contribution in [2.24, 2.45) is 10.8 Å². The molecule has 0 spiro atoms. The quantitative estimate of drug-likeness (QED) is 0.376. The fourth-order valence-corrected chi connectivity index (χ4v) is 1.56. The van der Waals surface area contributed by atoms with Gasteiger partial charge in [0.15, 0.2) is 11.5 Å². The normalized spacial score (nSPS) is 10.4. The summed E-state index contributed by atoms with van der Waals surface area (Å²) in [5.74, 6) is -0.00898. The van der Waals surface area contributed by atoms with Gasteiger partial charge in [-0.05, 0) is 35.9 Å². The van der Waals surface area contributed by atoms with Gasteiger partial charge in [0, 0.05) is 0 Å². The second-order valence-corrected chi connectivity index (χ2v) is 4.01. The first-order chi connectivity index (χ1) is 10.6. The van der Waals surface area contributed by atoms with Gasteiger partial charge in [0.1, 0.15) is 0 Å². The van der Waals surface area contributed by atoms with E-state index in [1.165, 1.54) is 31.7 Å². The number of hydrogen-bond donors (Lipinski definition) is 2. The maximum absolute atomic E-state index is 11.8. The van der Waals surface area contributed by atoms with Gasteiger partial charge in [0.2, 0.25) is 5.76 Å². The van der Waals surface area contributed by atoms with Gasteiger partial charge in [-0.2, -0.15) is 5.10 Å². The molecule has 0 saturated carbocycles. The minimum atomic E-state index is -0.771. The van der Waals surface area contributed by atoms with Gasteiger partial charge in [-0.1, -0.05) is 0 Å². The first-order valence-corrected chi connectivity index (χ1v) is 6.12. The number of methoxy groups -OCH3 is 1. The Bertz CT molecular complexity index is 695. The molecule has 0 aliphatic heterocycles. The number of nitrogens with one attached hydrogen (secondary N) is 1. The second-order valence-electron chi connectivity index (χ2n) is 4.01. The third-order valence-corrected chi connectivity index (χ3v) is 2.50. The summed E-state index contributed by atoms with van der Waals surface area (Å²) in [6, 6.07) is 7.04. The number of nitrogens with zero attached hydrogens (tertiary/aromatic N) is 1. The van der Waals surface area contributed by atoms with Crippen molar-refractivity contribution in [2.75, 3.05) is 7.11 Å². The van der Waals surface area contributed by atoms with Crippen LogP contribution in [0.1, 0.15) is 16.1 Å². The van der Waals surface area contributed by atoms with Crippen LogP contribution in [0.3, 0.4) is 0 Å². The van der Waals surface area contributed by atoms with Gasteiger partial charge < -0.3 is 19.6 Å². The molecule has 0 radical (unpaired) electrons. The highest BCUT2D eigenvalue weighted by Crippen LogP contribution is 2.28. The predicted octanol–water partition coefficient (Wildman–Crippen LogP) is 1.51. The van der Waals surface area contributed by atoms with E-state index in [9.17, 15) is 9.59 Å². The van der Waals surface area contributed by atoms with Crippen molar-refractivity contribution >= 4 is 18.2 Å². The van der Waals surface area contributed by atoms with Gasteiger partial charge in [-0.15, -0.1) is 0 Å². The molecule has 0 aliphatic carbocycles. The lowest BCUT2D eigenvalue weighted by molar-refractivity contribution is 0.0696. The molecule has 1 aromatic heterocycles. The number of nitrogens with two attached hydrogens (primary N) is 1. The topological polar surface area (TPSA) is 116 Å². The van der Waals surface area contributed by atoms with Crippen LogP contribution in [0.15, 0.2) is 46.1 Å². The van der Waals surface area contributed by atoms with Crippen molar-refractivity contribution in [3.8, 4) is 11.5 Å². The SMILES string of the molecule is COc1cc(C=NNC(N)=O)ccc1OC(=O)c1ccco1. The summed E-state index contributed by atoms with van der Waals surface area (Å²) in [7, 11) is 1.43. The molecule has 0 saturated heterocycles. The Hall–Kier alpha value is -3.29. The lowest BCUT2D eigenvalue weighted by atomic mass is 10.2. The molecule has 1 heterocycles. The first-order valence-electron chi connectivity index (χ1n) is 6.12.